The largest absolute Gasteiger partial charge is 0.311 e. The highest BCUT2D eigenvalue weighted by Crippen LogP contribution is 2.39. The molecular weight excluding hydrogens is 232 g/mol. The van der Waals surface area contributed by atoms with Gasteiger partial charge in [0, 0.05) is 30.7 Å². The molecule has 1 N–H and O–H groups in total. The molecule has 0 bridgehead atoms. The van der Waals surface area contributed by atoms with Crippen LogP contribution in [-0.4, -0.2) is 35.6 Å². The van der Waals surface area contributed by atoms with E-state index in [0.717, 1.165) is 12.0 Å². The first-order chi connectivity index (χ1) is 9.13. The quantitative estimate of drug-likeness (QED) is 0.814. The normalized spacial score (nSPS) is 30.6. The van der Waals surface area contributed by atoms with Crippen molar-refractivity contribution in [2.45, 2.75) is 90.3 Å². The summed E-state index contributed by atoms with van der Waals surface area (Å²) in [4.78, 5) is 2.90. The van der Waals surface area contributed by atoms with Crippen molar-refractivity contribution in [1.82, 2.24) is 10.2 Å². The molecule has 0 aromatic heterocycles. The van der Waals surface area contributed by atoms with E-state index in [2.05, 4.69) is 37.9 Å². The minimum Gasteiger partial charge on any atom is -0.311 e. The number of hydrogen-bond donors (Lipinski definition) is 1. The van der Waals surface area contributed by atoms with E-state index in [-0.39, 0.29) is 0 Å². The average molecular weight is 266 g/mol. The summed E-state index contributed by atoms with van der Waals surface area (Å²) in [6.45, 7) is 12.0. The van der Waals surface area contributed by atoms with Gasteiger partial charge in [0.25, 0.3) is 0 Å². The maximum atomic E-state index is 3.89. The Balaban J connectivity index is 2.09. The molecule has 2 heteroatoms. The summed E-state index contributed by atoms with van der Waals surface area (Å²) in [5.74, 6) is 0.801. The Morgan fingerprint density at radius 2 is 1.89 bits per heavy atom. The maximum absolute atomic E-state index is 3.89. The molecule has 3 unspecified atom stereocenters. The van der Waals surface area contributed by atoms with Gasteiger partial charge >= 0.3 is 0 Å². The summed E-state index contributed by atoms with van der Waals surface area (Å²) < 4.78 is 0. The highest BCUT2D eigenvalue weighted by atomic mass is 15.3. The topological polar surface area (TPSA) is 15.3 Å². The summed E-state index contributed by atoms with van der Waals surface area (Å²) in [5.41, 5.74) is 0.499. The minimum atomic E-state index is 0.499. The number of rotatable bonds is 5. The van der Waals surface area contributed by atoms with Crippen molar-refractivity contribution in [2.24, 2.45) is 5.92 Å². The zero-order chi connectivity index (χ0) is 13.9. The van der Waals surface area contributed by atoms with E-state index < -0.39 is 0 Å². The fourth-order valence-corrected chi connectivity index (χ4v) is 4.28. The zero-order valence-corrected chi connectivity index (χ0v) is 13.5. The van der Waals surface area contributed by atoms with Crippen molar-refractivity contribution >= 4 is 0 Å². The lowest BCUT2D eigenvalue weighted by atomic mass is 9.85. The predicted octanol–water partition coefficient (Wildman–Crippen LogP) is 3.81. The van der Waals surface area contributed by atoms with Gasteiger partial charge < -0.3 is 5.32 Å². The second-order valence-corrected chi connectivity index (χ2v) is 7.09. The maximum Gasteiger partial charge on any atom is 0.0337 e. The Labute approximate surface area is 120 Å². The van der Waals surface area contributed by atoms with Crippen molar-refractivity contribution in [2.75, 3.05) is 13.1 Å². The molecule has 2 aliphatic rings. The van der Waals surface area contributed by atoms with Crippen molar-refractivity contribution in [3.63, 3.8) is 0 Å². The van der Waals surface area contributed by atoms with Crippen LogP contribution in [0, 0.1) is 5.92 Å². The van der Waals surface area contributed by atoms with E-state index in [1.165, 1.54) is 58.0 Å². The smallest absolute Gasteiger partial charge is 0.0337 e. The van der Waals surface area contributed by atoms with Gasteiger partial charge in [0.05, 0.1) is 0 Å². The molecule has 19 heavy (non-hydrogen) atoms. The summed E-state index contributed by atoms with van der Waals surface area (Å²) in [6, 6.07) is 1.47. The van der Waals surface area contributed by atoms with E-state index in [1.807, 2.05) is 0 Å². The molecular formula is C17H34N2. The molecule has 1 saturated carbocycles. The van der Waals surface area contributed by atoms with Gasteiger partial charge in [0.2, 0.25) is 0 Å². The lowest BCUT2D eigenvalue weighted by molar-refractivity contribution is -0.00195. The van der Waals surface area contributed by atoms with Crippen LogP contribution in [0.2, 0.25) is 0 Å². The molecule has 0 aromatic rings. The molecule has 3 atom stereocenters. The molecule has 1 aliphatic carbocycles. The number of piperazine rings is 1. The second kappa shape index (κ2) is 6.58. The van der Waals surface area contributed by atoms with Crippen molar-refractivity contribution in [3.05, 3.63) is 0 Å². The van der Waals surface area contributed by atoms with Crippen LogP contribution >= 0.6 is 0 Å². The van der Waals surface area contributed by atoms with Crippen LogP contribution in [0.1, 0.15) is 72.6 Å². The Kier molecular flexibility index (Phi) is 5.30. The number of nitrogens with zero attached hydrogens (tertiary/aromatic N) is 1. The summed E-state index contributed by atoms with van der Waals surface area (Å²) in [7, 11) is 0. The fraction of sp³-hybridized carbons (Fsp3) is 1.00. The monoisotopic (exact) mass is 266 g/mol. The van der Waals surface area contributed by atoms with Gasteiger partial charge in [-0.1, -0.05) is 46.5 Å². The molecule has 1 saturated heterocycles. The van der Waals surface area contributed by atoms with Crippen LogP contribution in [0.25, 0.3) is 0 Å². The molecule has 1 aliphatic heterocycles. The second-order valence-electron chi connectivity index (χ2n) is 7.09. The van der Waals surface area contributed by atoms with Gasteiger partial charge in [-0.3, -0.25) is 4.90 Å². The lowest BCUT2D eigenvalue weighted by Gasteiger charge is -2.52. The standard InChI is InChI=1S/C17H34N2/c1-5-9-15(4)19-12-16(14(3)6-2)18-13-17(19)10-7-8-11-17/h14-16,18H,5-13H2,1-4H3. The molecule has 0 aromatic carbocycles. The van der Waals surface area contributed by atoms with Gasteiger partial charge in [-0.25, -0.2) is 0 Å². The first-order valence-corrected chi connectivity index (χ1v) is 8.63. The van der Waals surface area contributed by atoms with Crippen molar-refractivity contribution in [3.8, 4) is 0 Å². The van der Waals surface area contributed by atoms with Crippen LogP contribution in [0.15, 0.2) is 0 Å². The zero-order valence-electron chi connectivity index (χ0n) is 13.5. The molecule has 0 amide bonds. The van der Waals surface area contributed by atoms with Crippen molar-refractivity contribution < 1.29 is 0 Å². The summed E-state index contributed by atoms with van der Waals surface area (Å²) in [5, 5.41) is 3.89. The number of hydrogen-bond acceptors (Lipinski definition) is 2. The summed E-state index contributed by atoms with van der Waals surface area (Å²) in [6.07, 6.45) is 9.67. The Hall–Kier alpha value is -0.0800. The van der Waals surface area contributed by atoms with E-state index in [9.17, 15) is 0 Å². The van der Waals surface area contributed by atoms with Crippen LogP contribution in [0.4, 0.5) is 0 Å². The summed E-state index contributed by atoms with van der Waals surface area (Å²) >= 11 is 0. The van der Waals surface area contributed by atoms with Crippen molar-refractivity contribution in [1.29, 1.82) is 0 Å². The molecule has 1 heterocycles. The molecule has 1 spiro atoms. The SMILES string of the molecule is CCCC(C)N1CC(C(C)CC)NCC12CCCC2. The molecule has 112 valence electrons. The van der Waals surface area contributed by atoms with E-state index in [4.69, 9.17) is 0 Å². The Bertz CT molecular complexity index is 270. The first kappa shape index (κ1) is 15.3. The Morgan fingerprint density at radius 1 is 1.21 bits per heavy atom. The van der Waals surface area contributed by atoms with Crippen LogP contribution in [0.5, 0.6) is 0 Å². The third-order valence-electron chi connectivity index (χ3n) is 5.80. The third-order valence-corrected chi connectivity index (χ3v) is 5.80. The van der Waals surface area contributed by atoms with E-state index >= 15 is 0 Å². The van der Waals surface area contributed by atoms with Crippen LogP contribution in [0.3, 0.4) is 0 Å². The molecule has 0 radical (unpaired) electrons. The molecule has 2 rings (SSSR count). The molecule has 2 nitrogen and oxygen atoms in total. The van der Waals surface area contributed by atoms with Crippen LogP contribution in [-0.2, 0) is 0 Å². The van der Waals surface area contributed by atoms with Gasteiger partial charge in [-0.05, 0) is 32.1 Å². The highest BCUT2D eigenvalue weighted by molar-refractivity contribution is 5.03. The average Bonchev–Trinajstić information content (AvgIpc) is 2.87. The van der Waals surface area contributed by atoms with Gasteiger partial charge in [0.1, 0.15) is 0 Å². The number of nitrogens with one attached hydrogen (secondary N) is 1. The first-order valence-electron chi connectivity index (χ1n) is 8.63. The van der Waals surface area contributed by atoms with Gasteiger partial charge in [-0.2, -0.15) is 0 Å². The van der Waals surface area contributed by atoms with Gasteiger partial charge in [0.15, 0.2) is 0 Å². The van der Waals surface area contributed by atoms with E-state index in [1.54, 1.807) is 0 Å². The lowest BCUT2D eigenvalue weighted by Crippen LogP contribution is -2.66. The van der Waals surface area contributed by atoms with Crippen LogP contribution < -0.4 is 5.32 Å². The minimum absolute atomic E-state index is 0.499. The third kappa shape index (κ3) is 3.16. The predicted molar refractivity (Wildman–Crippen MR) is 83.5 cm³/mol. The highest BCUT2D eigenvalue weighted by Gasteiger charge is 2.45. The Morgan fingerprint density at radius 3 is 2.47 bits per heavy atom. The van der Waals surface area contributed by atoms with Gasteiger partial charge in [-0.15, -0.1) is 0 Å². The molecule has 2 fully saturated rings. The fourth-order valence-electron chi connectivity index (χ4n) is 4.28. The van der Waals surface area contributed by atoms with E-state index in [0.29, 0.717) is 11.6 Å².